The highest BCUT2D eigenvalue weighted by Gasteiger charge is 2.04. The number of benzene rings is 1. The number of hydrogen-bond acceptors (Lipinski definition) is 6. The maximum absolute atomic E-state index is 10.9. The maximum atomic E-state index is 10.9. The smallest absolute Gasteiger partial charge is 0.295 e. The van der Waals surface area contributed by atoms with E-state index >= 15 is 0 Å². The van der Waals surface area contributed by atoms with E-state index in [0.29, 0.717) is 19.2 Å². The number of rotatable bonds is 7. The molecule has 1 heterocycles. The van der Waals surface area contributed by atoms with Gasteiger partial charge < -0.3 is 14.5 Å². The van der Waals surface area contributed by atoms with Gasteiger partial charge in [-0.05, 0) is 12.1 Å². The van der Waals surface area contributed by atoms with E-state index in [-0.39, 0.29) is 12.4 Å². The Morgan fingerprint density at radius 1 is 1.32 bits per heavy atom. The van der Waals surface area contributed by atoms with Crippen molar-refractivity contribution in [2.24, 2.45) is 0 Å². The zero-order valence-corrected chi connectivity index (χ0v) is 11.4. The second-order valence-corrected chi connectivity index (χ2v) is 6.42. The van der Waals surface area contributed by atoms with Crippen LogP contribution in [0.5, 0.6) is 0 Å². The highest BCUT2D eigenvalue weighted by molar-refractivity contribution is 7.90. The number of sulfone groups is 1. The van der Waals surface area contributed by atoms with Gasteiger partial charge in [-0.2, -0.15) is 4.98 Å². The van der Waals surface area contributed by atoms with Gasteiger partial charge in [0, 0.05) is 12.8 Å². The van der Waals surface area contributed by atoms with Crippen molar-refractivity contribution >= 4 is 27.0 Å². The zero-order chi connectivity index (χ0) is 13.7. The first-order chi connectivity index (χ1) is 9.04. The number of fused-ring (bicyclic) bond motifs is 1. The molecule has 1 aromatic carbocycles. The summed E-state index contributed by atoms with van der Waals surface area (Å²) in [6.45, 7) is 1.11. The van der Waals surface area contributed by atoms with Crippen LogP contribution in [0.1, 0.15) is 0 Å². The molecule has 2 rings (SSSR count). The third kappa shape index (κ3) is 4.53. The average molecular weight is 284 g/mol. The molecule has 6 nitrogen and oxygen atoms in total. The number of aromatic nitrogens is 1. The predicted octanol–water partition coefficient (Wildman–Crippen LogP) is 1.30. The molecule has 0 saturated heterocycles. The van der Waals surface area contributed by atoms with Crippen LogP contribution in [-0.4, -0.2) is 45.2 Å². The van der Waals surface area contributed by atoms with Gasteiger partial charge in [-0.1, -0.05) is 12.1 Å². The summed E-state index contributed by atoms with van der Waals surface area (Å²) in [7, 11) is -2.96. The van der Waals surface area contributed by atoms with Crippen molar-refractivity contribution in [2.45, 2.75) is 0 Å². The first-order valence-electron chi connectivity index (χ1n) is 5.89. The third-order valence-electron chi connectivity index (χ3n) is 2.41. The Bertz CT molecular complexity index is 603. The summed E-state index contributed by atoms with van der Waals surface area (Å²) in [5.74, 6) is 0.0376. The lowest BCUT2D eigenvalue weighted by Gasteiger charge is -2.03. The molecular weight excluding hydrogens is 268 g/mol. The monoisotopic (exact) mass is 284 g/mol. The van der Waals surface area contributed by atoms with E-state index in [1.165, 1.54) is 6.26 Å². The largest absolute Gasteiger partial charge is 0.424 e. The Morgan fingerprint density at radius 2 is 2.11 bits per heavy atom. The van der Waals surface area contributed by atoms with E-state index in [9.17, 15) is 8.42 Å². The molecule has 1 aromatic heterocycles. The molecule has 1 N–H and O–H groups in total. The normalized spacial score (nSPS) is 11.8. The molecule has 0 fully saturated rings. The van der Waals surface area contributed by atoms with Crippen LogP contribution < -0.4 is 5.32 Å². The first kappa shape index (κ1) is 13.8. The van der Waals surface area contributed by atoms with Gasteiger partial charge in [0.2, 0.25) is 0 Å². The molecular formula is C12H16N2O4S. The number of nitrogens with zero attached hydrogens (tertiary/aromatic N) is 1. The summed E-state index contributed by atoms with van der Waals surface area (Å²) in [6, 6.07) is 7.92. The van der Waals surface area contributed by atoms with Crippen molar-refractivity contribution in [3.63, 3.8) is 0 Å². The number of para-hydroxylation sites is 2. The zero-order valence-electron chi connectivity index (χ0n) is 10.6. The Hall–Kier alpha value is -1.60. The van der Waals surface area contributed by atoms with Crippen LogP contribution in [0, 0.1) is 0 Å². The van der Waals surface area contributed by atoms with E-state index in [4.69, 9.17) is 9.15 Å². The van der Waals surface area contributed by atoms with Crippen LogP contribution in [0.2, 0.25) is 0 Å². The molecule has 0 aliphatic rings. The second kappa shape index (κ2) is 6.03. The molecule has 0 amide bonds. The lowest BCUT2D eigenvalue weighted by Crippen LogP contribution is -2.15. The van der Waals surface area contributed by atoms with Gasteiger partial charge >= 0.3 is 0 Å². The van der Waals surface area contributed by atoms with Crippen LogP contribution in [0.15, 0.2) is 28.7 Å². The molecule has 0 atom stereocenters. The van der Waals surface area contributed by atoms with Gasteiger partial charge in [-0.25, -0.2) is 8.42 Å². The van der Waals surface area contributed by atoms with Gasteiger partial charge in [0.05, 0.1) is 19.0 Å². The molecule has 0 bridgehead atoms. The summed E-state index contributed by atoms with van der Waals surface area (Å²) in [5.41, 5.74) is 1.52. The molecule has 0 spiro atoms. The minimum Gasteiger partial charge on any atom is -0.424 e. The fourth-order valence-corrected chi connectivity index (χ4v) is 1.91. The van der Waals surface area contributed by atoms with Crippen LogP contribution in [-0.2, 0) is 14.6 Å². The first-order valence-corrected chi connectivity index (χ1v) is 7.95. The quantitative estimate of drug-likeness (QED) is 0.772. The summed E-state index contributed by atoms with van der Waals surface area (Å²) in [5, 5.41) is 2.98. The van der Waals surface area contributed by atoms with E-state index < -0.39 is 9.84 Å². The van der Waals surface area contributed by atoms with Crippen LogP contribution >= 0.6 is 0 Å². The number of oxazole rings is 1. The van der Waals surface area contributed by atoms with E-state index in [1.807, 2.05) is 24.3 Å². The SMILES string of the molecule is CS(=O)(=O)CCOCCNc1nc2ccccc2o1. The molecule has 0 aliphatic heterocycles. The molecule has 7 heteroatoms. The van der Waals surface area contributed by atoms with Crippen molar-refractivity contribution < 1.29 is 17.6 Å². The van der Waals surface area contributed by atoms with Crippen LogP contribution in [0.3, 0.4) is 0 Å². The summed E-state index contributed by atoms with van der Waals surface area (Å²) in [4.78, 5) is 4.24. The lowest BCUT2D eigenvalue weighted by atomic mass is 10.3. The van der Waals surface area contributed by atoms with Gasteiger partial charge in [0.1, 0.15) is 15.4 Å². The Balaban J connectivity index is 1.71. The second-order valence-electron chi connectivity index (χ2n) is 4.16. The third-order valence-corrected chi connectivity index (χ3v) is 3.32. The van der Waals surface area contributed by atoms with Gasteiger partial charge in [-0.15, -0.1) is 0 Å². The predicted molar refractivity (Wildman–Crippen MR) is 73.0 cm³/mol. The number of hydrogen-bond donors (Lipinski definition) is 1. The van der Waals surface area contributed by atoms with Gasteiger partial charge in [-0.3, -0.25) is 0 Å². The fourth-order valence-electron chi connectivity index (χ4n) is 1.49. The molecule has 0 aliphatic carbocycles. The number of anilines is 1. The molecule has 0 radical (unpaired) electrons. The van der Waals surface area contributed by atoms with Crippen LogP contribution in [0.25, 0.3) is 11.1 Å². The van der Waals surface area contributed by atoms with Crippen molar-refractivity contribution in [1.29, 1.82) is 0 Å². The summed E-state index contributed by atoms with van der Waals surface area (Å²) >= 11 is 0. The Morgan fingerprint density at radius 3 is 2.84 bits per heavy atom. The Kier molecular flexibility index (Phi) is 4.39. The van der Waals surface area contributed by atoms with Gasteiger partial charge in [0.15, 0.2) is 5.58 Å². The van der Waals surface area contributed by atoms with E-state index in [2.05, 4.69) is 10.3 Å². The summed E-state index contributed by atoms with van der Waals surface area (Å²) < 4.78 is 32.4. The van der Waals surface area contributed by atoms with Crippen LogP contribution in [0.4, 0.5) is 6.01 Å². The highest BCUT2D eigenvalue weighted by atomic mass is 32.2. The lowest BCUT2D eigenvalue weighted by molar-refractivity contribution is 0.159. The maximum Gasteiger partial charge on any atom is 0.295 e. The van der Waals surface area contributed by atoms with Gasteiger partial charge in [0.25, 0.3) is 6.01 Å². The van der Waals surface area contributed by atoms with Crippen molar-refractivity contribution in [3.8, 4) is 0 Å². The highest BCUT2D eigenvalue weighted by Crippen LogP contribution is 2.17. The molecule has 104 valence electrons. The Labute approximate surface area is 111 Å². The minimum atomic E-state index is -2.96. The van der Waals surface area contributed by atoms with E-state index in [1.54, 1.807) is 0 Å². The minimum absolute atomic E-state index is 0.0376. The standard InChI is InChI=1S/C12H16N2O4S/c1-19(15,16)9-8-17-7-6-13-12-14-10-4-2-3-5-11(10)18-12/h2-5H,6-9H2,1H3,(H,13,14). The topological polar surface area (TPSA) is 81.4 Å². The number of ether oxygens (including phenoxy) is 1. The molecule has 0 saturated carbocycles. The van der Waals surface area contributed by atoms with Crippen molar-refractivity contribution in [3.05, 3.63) is 24.3 Å². The average Bonchev–Trinajstić information content (AvgIpc) is 2.74. The molecule has 0 unspecified atom stereocenters. The molecule has 19 heavy (non-hydrogen) atoms. The van der Waals surface area contributed by atoms with E-state index in [0.717, 1.165) is 11.1 Å². The molecule has 2 aromatic rings. The summed E-state index contributed by atoms with van der Waals surface area (Å²) in [6.07, 6.45) is 1.19. The number of nitrogens with one attached hydrogen (secondary N) is 1. The van der Waals surface area contributed by atoms with Crippen molar-refractivity contribution in [1.82, 2.24) is 4.98 Å². The fraction of sp³-hybridized carbons (Fsp3) is 0.417. The van der Waals surface area contributed by atoms with Crippen molar-refractivity contribution in [2.75, 3.05) is 37.1 Å².